The zero-order valence-electron chi connectivity index (χ0n) is 12.2. The lowest BCUT2D eigenvalue weighted by molar-refractivity contribution is -0.141. The molecule has 0 atom stereocenters. The number of aromatic amines is 1. The Balaban J connectivity index is 1.72. The van der Waals surface area contributed by atoms with Crippen LogP contribution in [0.3, 0.4) is 0 Å². The van der Waals surface area contributed by atoms with Gasteiger partial charge in [0.1, 0.15) is 0 Å². The number of anilines is 2. The van der Waals surface area contributed by atoms with Crippen molar-refractivity contribution in [1.29, 1.82) is 0 Å². The molecule has 1 aliphatic heterocycles. The van der Waals surface area contributed by atoms with Crippen LogP contribution >= 0.6 is 0 Å². The monoisotopic (exact) mass is 324 g/mol. The van der Waals surface area contributed by atoms with Crippen LogP contribution < -0.4 is 10.2 Å². The second-order valence-corrected chi connectivity index (χ2v) is 5.35. The van der Waals surface area contributed by atoms with Crippen LogP contribution in [0.25, 0.3) is 0 Å². The molecule has 5 nitrogen and oxygen atoms in total. The van der Waals surface area contributed by atoms with Crippen LogP contribution in [0.2, 0.25) is 0 Å². The molecule has 122 valence electrons. The zero-order chi connectivity index (χ0) is 16.4. The number of hydrogen-bond acceptors (Lipinski definition) is 3. The van der Waals surface area contributed by atoms with E-state index in [4.69, 9.17) is 0 Å². The van der Waals surface area contributed by atoms with Gasteiger partial charge >= 0.3 is 6.18 Å². The molecule has 0 bridgehead atoms. The van der Waals surface area contributed by atoms with Gasteiger partial charge in [0.05, 0.1) is 11.8 Å². The number of carbonyl (C=O) groups excluding carboxylic acids is 1. The molecule has 2 N–H and O–H groups in total. The summed E-state index contributed by atoms with van der Waals surface area (Å²) in [7, 11) is 0. The highest BCUT2D eigenvalue weighted by atomic mass is 19.4. The molecule has 1 amide bonds. The molecule has 1 aromatic heterocycles. The van der Waals surface area contributed by atoms with Gasteiger partial charge in [-0.2, -0.15) is 18.3 Å². The van der Waals surface area contributed by atoms with Crippen LogP contribution in [-0.4, -0.2) is 29.2 Å². The maximum atomic E-state index is 12.7. The second-order valence-electron chi connectivity index (χ2n) is 5.35. The lowest BCUT2D eigenvalue weighted by atomic mass is 10.2. The van der Waals surface area contributed by atoms with Gasteiger partial charge in [0.15, 0.2) is 5.69 Å². The first-order valence-electron chi connectivity index (χ1n) is 7.22. The molecule has 0 radical (unpaired) electrons. The number of aromatic nitrogens is 2. The summed E-state index contributed by atoms with van der Waals surface area (Å²) in [6.45, 7) is 1.99. The SMILES string of the molecule is O=C(Nc1ccc(N2CCCC2)cc1)c1cn[nH]c1C(F)(F)F. The maximum Gasteiger partial charge on any atom is 0.433 e. The lowest BCUT2D eigenvalue weighted by Crippen LogP contribution is -2.19. The van der Waals surface area contributed by atoms with Gasteiger partial charge in [0.2, 0.25) is 0 Å². The molecule has 0 saturated carbocycles. The molecule has 23 heavy (non-hydrogen) atoms. The fourth-order valence-electron chi connectivity index (χ4n) is 2.60. The van der Waals surface area contributed by atoms with Gasteiger partial charge in [-0.1, -0.05) is 0 Å². The third-order valence-corrected chi connectivity index (χ3v) is 3.76. The van der Waals surface area contributed by atoms with Crippen LogP contribution in [0.4, 0.5) is 24.5 Å². The number of alkyl halides is 3. The third-order valence-electron chi connectivity index (χ3n) is 3.76. The standard InChI is InChI=1S/C15H15F3N4O/c16-15(17,18)13-12(9-19-21-13)14(23)20-10-3-5-11(6-4-10)22-7-1-2-8-22/h3-6,9H,1-2,7-8H2,(H,19,21)(H,20,23). The quantitative estimate of drug-likeness (QED) is 0.911. The number of nitrogens with one attached hydrogen (secondary N) is 2. The van der Waals surface area contributed by atoms with Gasteiger partial charge in [0, 0.05) is 24.5 Å². The summed E-state index contributed by atoms with van der Waals surface area (Å²) in [4.78, 5) is 14.2. The predicted molar refractivity (Wildman–Crippen MR) is 79.4 cm³/mol. The third kappa shape index (κ3) is 3.30. The molecular weight excluding hydrogens is 309 g/mol. The van der Waals surface area contributed by atoms with E-state index < -0.39 is 23.3 Å². The minimum Gasteiger partial charge on any atom is -0.372 e. The molecule has 1 fully saturated rings. The highest BCUT2D eigenvalue weighted by Crippen LogP contribution is 2.30. The molecule has 1 saturated heterocycles. The van der Waals surface area contributed by atoms with E-state index in [9.17, 15) is 18.0 Å². The summed E-state index contributed by atoms with van der Waals surface area (Å²) in [6, 6.07) is 7.06. The molecule has 8 heteroatoms. The van der Waals surface area contributed by atoms with E-state index in [2.05, 4.69) is 15.3 Å². The van der Waals surface area contributed by atoms with E-state index in [1.807, 2.05) is 17.2 Å². The van der Waals surface area contributed by atoms with E-state index in [-0.39, 0.29) is 0 Å². The van der Waals surface area contributed by atoms with E-state index in [1.54, 1.807) is 12.1 Å². The molecule has 0 aliphatic carbocycles. The normalized spacial score (nSPS) is 15.0. The van der Waals surface area contributed by atoms with E-state index in [1.165, 1.54) is 0 Å². The molecule has 1 aromatic carbocycles. The first-order valence-corrected chi connectivity index (χ1v) is 7.22. The van der Waals surface area contributed by atoms with Gasteiger partial charge in [0.25, 0.3) is 5.91 Å². The van der Waals surface area contributed by atoms with Gasteiger partial charge in [-0.05, 0) is 37.1 Å². The Morgan fingerprint density at radius 3 is 2.43 bits per heavy atom. The van der Waals surface area contributed by atoms with E-state index in [0.29, 0.717) is 5.69 Å². The van der Waals surface area contributed by atoms with Crippen molar-refractivity contribution in [1.82, 2.24) is 10.2 Å². The topological polar surface area (TPSA) is 61.0 Å². The summed E-state index contributed by atoms with van der Waals surface area (Å²) in [5, 5.41) is 7.58. The Hall–Kier alpha value is -2.51. The van der Waals surface area contributed by atoms with Gasteiger partial charge in [-0.25, -0.2) is 0 Å². The minimum atomic E-state index is -4.65. The number of amides is 1. The largest absolute Gasteiger partial charge is 0.433 e. The van der Waals surface area contributed by atoms with Crippen LogP contribution in [0, 0.1) is 0 Å². The van der Waals surface area contributed by atoms with Crippen molar-refractivity contribution in [2.24, 2.45) is 0 Å². The second kappa shape index (κ2) is 5.94. The maximum absolute atomic E-state index is 12.7. The number of nitrogens with zero attached hydrogens (tertiary/aromatic N) is 2. The number of hydrogen-bond donors (Lipinski definition) is 2. The van der Waals surface area contributed by atoms with Crippen LogP contribution in [0.1, 0.15) is 28.9 Å². The first-order chi connectivity index (χ1) is 10.9. The number of H-pyrrole nitrogens is 1. The van der Waals surface area contributed by atoms with E-state index >= 15 is 0 Å². The molecule has 0 unspecified atom stereocenters. The Labute approximate surface area is 130 Å². The summed E-state index contributed by atoms with van der Waals surface area (Å²) >= 11 is 0. The fourth-order valence-corrected chi connectivity index (χ4v) is 2.60. The highest BCUT2D eigenvalue weighted by molar-refractivity contribution is 6.05. The zero-order valence-corrected chi connectivity index (χ0v) is 12.2. The number of rotatable bonds is 3. The Kier molecular flexibility index (Phi) is 3.97. The first kappa shape index (κ1) is 15.4. The molecule has 3 rings (SSSR count). The molecule has 0 spiro atoms. The van der Waals surface area contributed by atoms with Gasteiger partial charge < -0.3 is 10.2 Å². The number of benzene rings is 1. The minimum absolute atomic E-state index is 0.437. The van der Waals surface area contributed by atoms with Gasteiger partial charge in [-0.15, -0.1) is 0 Å². The van der Waals surface area contributed by atoms with Crippen molar-refractivity contribution in [2.45, 2.75) is 19.0 Å². The van der Waals surface area contributed by atoms with Gasteiger partial charge in [-0.3, -0.25) is 9.89 Å². The smallest absolute Gasteiger partial charge is 0.372 e. The summed E-state index contributed by atoms with van der Waals surface area (Å²) in [6.07, 6.45) is -1.47. The van der Waals surface area contributed by atoms with Crippen LogP contribution in [0.5, 0.6) is 0 Å². The average Bonchev–Trinajstić information content (AvgIpc) is 3.19. The van der Waals surface area contributed by atoms with Crippen molar-refractivity contribution in [3.63, 3.8) is 0 Å². The summed E-state index contributed by atoms with van der Waals surface area (Å²) in [5.74, 6) is -0.847. The van der Waals surface area contributed by atoms with Crippen molar-refractivity contribution >= 4 is 17.3 Å². The van der Waals surface area contributed by atoms with Crippen molar-refractivity contribution in [2.75, 3.05) is 23.3 Å². The Morgan fingerprint density at radius 1 is 1.17 bits per heavy atom. The summed E-state index contributed by atoms with van der Waals surface area (Å²) in [5.41, 5.74) is -0.197. The van der Waals surface area contributed by atoms with E-state index in [0.717, 1.165) is 37.8 Å². The number of halogens is 3. The van der Waals surface area contributed by atoms with Crippen molar-refractivity contribution in [3.8, 4) is 0 Å². The fraction of sp³-hybridized carbons (Fsp3) is 0.333. The molecule has 2 aromatic rings. The number of carbonyl (C=O) groups is 1. The predicted octanol–water partition coefficient (Wildman–Crippen LogP) is 3.28. The molecule has 1 aliphatic rings. The highest BCUT2D eigenvalue weighted by Gasteiger charge is 2.37. The summed E-state index contributed by atoms with van der Waals surface area (Å²) < 4.78 is 38.2. The van der Waals surface area contributed by atoms with Crippen molar-refractivity contribution in [3.05, 3.63) is 41.7 Å². The molecular formula is C15H15F3N4O. The van der Waals surface area contributed by atoms with Crippen LogP contribution in [0.15, 0.2) is 30.5 Å². The lowest BCUT2D eigenvalue weighted by Gasteiger charge is -2.17. The Morgan fingerprint density at radius 2 is 1.83 bits per heavy atom. The Bertz CT molecular complexity index is 687. The van der Waals surface area contributed by atoms with Crippen LogP contribution in [-0.2, 0) is 6.18 Å². The van der Waals surface area contributed by atoms with Crippen molar-refractivity contribution < 1.29 is 18.0 Å². The average molecular weight is 324 g/mol. The molecule has 2 heterocycles.